The fraction of sp³-hybridized carbons (Fsp3) is 0.778. The van der Waals surface area contributed by atoms with Crippen molar-refractivity contribution in [2.45, 2.75) is 12.8 Å². The molecule has 1 fully saturated rings. The SMILES string of the molecule is C1=CN(CCN2CCCC2)CO1. The molecular formula is C9H16N2O. The van der Waals surface area contributed by atoms with Crippen LogP contribution >= 0.6 is 0 Å². The van der Waals surface area contributed by atoms with Crippen molar-refractivity contribution >= 4 is 0 Å². The van der Waals surface area contributed by atoms with Crippen molar-refractivity contribution in [2.24, 2.45) is 0 Å². The van der Waals surface area contributed by atoms with Gasteiger partial charge in [-0.2, -0.15) is 0 Å². The minimum atomic E-state index is 0.744. The van der Waals surface area contributed by atoms with Gasteiger partial charge in [0.1, 0.15) is 6.26 Å². The Bertz CT molecular complexity index is 164. The summed E-state index contributed by atoms with van der Waals surface area (Å²) in [6, 6.07) is 0. The van der Waals surface area contributed by atoms with E-state index < -0.39 is 0 Å². The van der Waals surface area contributed by atoms with Gasteiger partial charge in [0.2, 0.25) is 0 Å². The molecular weight excluding hydrogens is 152 g/mol. The fourth-order valence-corrected chi connectivity index (χ4v) is 1.73. The van der Waals surface area contributed by atoms with Crippen LogP contribution in [-0.2, 0) is 4.74 Å². The second-order valence-electron chi connectivity index (χ2n) is 3.44. The smallest absolute Gasteiger partial charge is 0.160 e. The zero-order valence-electron chi connectivity index (χ0n) is 7.41. The lowest BCUT2D eigenvalue weighted by Crippen LogP contribution is -2.30. The van der Waals surface area contributed by atoms with Crippen LogP contribution in [-0.4, -0.2) is 42.7 Å². The molecule has 2 aliphatic heterocycles. The molecule has 2 heterocycles. The van der Waals surface area contributed by atoms with Crippen molar-refractivity contribution < 1.29 is 4.74 Å². The molecule has 0 amide bonds. The second kappa shape index (κ2) is 3.81. The maximum atomic E-state index is 5.10. The first-order chi connectivity index (χ1) is 5.95. The van der Waals surface area contributed by atoms with E-state index in [-0.39, 0.29) is 0 Å². The summed E-state index contributed by atoms with van der Waals surface area (Å²) in [5.41, 5.74) is 0. The summed E-state index contributed by atoms with van der Waals surface area (Å²) in [7, 11) is 0. The first kappa shape index (κ1) is 7.92. The van der Waals surface area contributed by atoms with Crippen LogP contribution in [0, 0.1) is 0 Å². The molecule has 0 aromatic heterocycles. The number of rotatable bonds is 3. The van der Waals surface area contributed by atoms with Crippen molar-refractivity contribution in [3.05, 3.63) is 12.5 Å². The lowest BCUT2D eigenvalue weighted by Gasteiger charge is -2.19. The molecule has 0 saturated carbocycles. The van der Waals surface area contributed by atoms with E-state index in [0.29, 0.717) is 0 Å². The van der Waals surface area contributed by atoms with E-state index in [4.69, 9.17) is 4.74 Å². The summed E-state index contributed by atoms with van der Waals surface area (Å²) in [6.07, 6.45) is 6.55. The average molecular weight is 168 g/mol. The minimum absolute atomic E-state index is 0.744. The average Bonchev–Trinajstić information content (AvgIpc) is 2.74. The van der Waals surface area contributed by atoms with Crippen molar-refractivity contribution in [2.75, 3.05) is 32.9 Å². The molecule has 68 valence electrons. The third kappa shape index (κ3) is 1.91. The number of ether oxygens (including phenoxy) is 1. The van der Waals surface area contributed by atoms with Gasteiger partial charge in [-0.1, -0.05) is 0 Å². The van der Waals surface area contributed by atoms with E-state index in [1.54, 1.807) is 6.26 Å². The summed E-state index contributed by atoms with van der Waals surface area (Å²) in [4.78, 5) is 4.73. The van der Waals surface area contributed by atoms with Crippen LogP contribution in [0.2, 0.25) is 0 Å². The van der Waals surface area contributed by atoms with Crippen molar-refractivity contribution in [1.82, 2.24) is 9.80 Å². The van der Waals surface area contributed by atoms with Gasteiger partial charge in [-0.25, -0.2) is 0 Å². The zero-order chi connectivity index (χ0) is 8.23. The van der Waals surface area contributed by atoms with Crippen molar-refractivity contribution in [1.29, 1.82) is 0 Å². The molecule has 0 aromatic rings. The zero-order valence-corrected chi connectivity index (χ0v) is 7.41. The van der Waals surface area contributed by atoms with Crippen LogP contribution in [0.15, 0.2) is 12.5 Å². The van der Waals surface area contributed by atoms with Crippen molar-refractivity contribution in [3.63, 3.8) is 0 Å². The Balaban J connectivity index is 1.63. The summed E-state index contributed by atoms with van der Waals surface area (Å²) in [5.74, 6) is 0. The Labute approximate surface area is 73.6 Å². The highest BCUT2D eigenvalue weighted by atomic mass is 16.5. The van der Waals surface area contributed by atoms with E-state index in [1.165, 1.54) is 32.5 Å². The van der Waals surface area contributed by atoms with Crippen LogP contribution in [0.1, 0.15) is 12.8 Å². The predicted molar refractivity (Wildman–Crippen MR) is 47.5 cm³/mol. The van der Waals surface area contributed by atoms with Gasteiger partial charge in [-0.05, 0) is 25.9 Å². The number of likely N-dealkylation sites (tertiary alicyclic amines) is 1. The Kier molecular flexibility index (Phi) is 2.51. The molecule has 0 atom stereocenters. The summed E-state index contributed by atoms with van der Waals surface area (Å²) in [5, 5.41) is 0. The largest absolute Gasteiger partial charge is 0.479 e. The molecule has 0 bridgehead atoms. The molecule has 2 aliphatic rings. The first-order valence-corrected chi connectivity index (χ1v) is 4.70. The monoisotopic (exact) mass is 168 g/mol. The number of hydrogen-bond donors (Lipinski definition) is 0. The highest BCUT2D eigenvalue weighted by Crippen LogP contribution is 2.07. The Morgan fingerprint density at radius 2 is 2.00 bits per heavy atom. The summed E-state index contributed by atoms with van der Waals surface area (Å²) < 4.78 is 5.10. The maximum Gasteiger partial charge on any atom is 0.160 e. The molecule has 0 spiro atoms. The lowest BCUT2D eigenvalue weighted by molar-refractivity contribution is 0.159. The third-order valence-electron chi connectivity index (χ3n) is 2.51. The van der Waals surface area contributed by atoms with Gasteiger partial charge in [0.25, 0.3) is 0 Å². The molecule has 3 heteroatoms. The van der Waals surface area contributed by atoms with E-state index in [1.807, 2.05) is 6.20 Å². The van der Waals surface area contributed by atoms with Gasteiger partial charge in [0, 0.05) is 19.3 Å². The lowest BCUT2D eigenvalue weighted by atomic mass is 10.4. The van der Waals surface area contributed by atoms with Crippen LogP contribution in [0.5, 0.6) is 0 Å². The summed E-state index contributed by atoms with van der Waals surface area (Å²) >= 11 is 0. The Morgan fingerprint density at radius 1 is 1.17 bits per heavy atom. The molecule has 0 N–H and O–H groups in total. The van der Waals surface area contributed by atoms with E-state index in [2.05, 4.69) is 9.80 Å². The van der Waals surface area contributed by atoms with E-state index >= 15 is 0 Å². The highest BCUT2D eigenvalue weighted by Gasteiger charge is 2.12. The molecule has 1 saturated heterocycles. The van der Waals surface area contributed by atoms with Gasteiger partial charge >= 0.3 is 0 Å². The van der Waals surface area contributed by atoms with Crippen LogP contribution in [0.4, 0.5) is 0 Å². The third-order valence-corrected chi connectivity index (χ3v) is 2.51. The van der Waals surface area contributed by atoms with E-state index in [0.717, 1.165) is 13.3 Å². The van der Waals surface area contributed by atoms with Gasteiger partial charge in [0.15, 0.2) is 6.73 Å². The molecule has 3 nitrogen and oxygen atoms in total. The molecule has 12 heavy (non-hydrogen) atoms. The standard InChI is InChI=1S/C9H16N2O/c1-2-4-10(3-1)5-6-11-7-8-12-9-11/h7-8H,1-6,9H2. The highest BCUT2D eigenvalue weighted by molar-refractivity contribution is 4.80. The normalized spacial score (nSPS) is 23.5. The quantitative estimate of drug-likeness (QED) is 0.621. The van der Waals surface area contributed by atoms with E-state index in [9.17, 15) is 0 Å². The fourth-order valence-electron chi connectivity index (χ4n) is 1.73. The summed E-state index contributed by atoms with van der Waals surface area (Å²) in [6.45, 7) is 5.62. The molecule has 0 radical (unpaired) electrons. The topological polar surface area (TPSA) is 15.7 Å². The second-order valence-corrected chi connectivity index (χ2v) is 3.44. The van der Waals surface area contributed by atoms with Gasteiger partial charge < -0.3 is 14.5 Å². The minimum Gasteiger partial charge on any atom is -0.479 e. The van der Waals surface area contributed by atoms with Gasteiger partial charge in [-0.3, -0.25) is 0 Å². The Morgan fingerprint density at radius 3 is 2.67 bits per heavy atom. The molecule has 2 rings (SSSR count). The first-order valence-electron chi connectivity index (χ1n) is 4.70. The molecule has 0 aliphatic carbocycles. The Hall–Kier alpha value is -0.700. The molecule has 0 aromatic carbocycles. The van der Waals surface area contributed by atoms with Gasteiger partial charge in [-0.15, -0.1) is 0 Å². The number of hydrogen-bond acceptors (Lipinski definition) is 3. The van der Waals surface area contributed by atoms with Crippen LogP contribution in [0.3, 0.4) is 0 Å². The van der Waals surface area contributed by atoms with Crippen LogP contribution < -0.4 is 0 Å². The van der Waals surface area contributed by atoms with Gasteiger partial charge in [0.05, 0.1) is 0 Å². The van der Waals surface area contributed by atoms with Crippen molar-refractivity contribution in [3.8, 4) is 0 Å². The number of nitrogens with zero attached hydrogens (tertiary/aromatic N) is 2. The van der Waals surface area contributed by atoms with Crippen LogP contribution in [0.25, 0.3) is 0 Å². The maximum absolute atomic E-state index is 5.10. The molecule has 0 unspecified atom stereocenters. The predicted octanol–water partition coefficient (Wildman–Crippen LogP) is 0.843.